The van der Waals surface area contributed by atoms with Crippen LogP contribution < -0.4 is 11.1 Å². The van der Waals surface area contributed by atoms with Gasteiger partial charge in [-0.05, 0) is 31.7 Å². The maximum Gasteiger partial charge on any atom is 0.407 e. The molecular formula is C17H24N2O4. The summed E-state index contributed by atoms with van der Waals surface area (Å²) in [7, 11) is 0. The Hall–Kier alpha value is -2.08. The lowest BCUT2D eigenvalue weighted by atomic mass is 9.83. The Morgan fingerprint density at radius 1 is 1.22 bits per heavy atom. The Morgan fingerprint density at radius 2 is 1.96 bits per heavy atom. The van der Waals surface area contributed by atoms with Gasteiger partial charge in [-0.3, -0.25) is 4.79 Å². The van der Waals surface area contributed by atoms with Gasteiger partial charge in [0.25, 0.3) is 0 Å². The fourth-order valence-electron chi connectivity index (χ4n) is 2.78. The van der Waals surface area contributed by atoms with Gasteiger partial charge in [-0.1, -0.05) is 30.3 Å². The van der Waals surface area contributed by atoms with Crippen LogP contribution in [0, 0.1) is 5.92 Å². The number of esters is 1. The lowest BCUT2D eigenvalue weighted by Gasteiger charge is -2.33. The average molecular weight is 320 g/mol. The molecule has 0 unspecified atom stereocenters. The molecule has 0 spiro atoms. The van der Waals surface area contributed by atoms with Crippen LogP contribution in [-0.4, -0.2) is 30.8 Å². The number of benzene rings is 1. The quantitative estimate of drug-likeness (QED) is 0.810. The van der Waals surface area contributed by atoms with Crippen molar-refractivity contribution in [1.82, 2.24) is 5.32 Å². The number of carbonyl (C=O) groups is 2. The van der Waals surface area contributed by atoms with Crippen LogP contribution in [0.5, 0.6) is 0 Å². The Morgan fingerprint density at radius 3 is 2.61 bits per heavy atom. The Kier molecular flexibility index (Phi) is 6.40. The van der Waals surface area contributed by atoms with Crippen LogP contribution in [0.2, 0.25) is 0 Å². The van der Waals surface area contributed by atoms with Crippen LogP contribution in [-0.2, 0) is 20.9 Å². The minimum Gasteiger partial charge on any atom is -0.466 e. The molecule has 0 saturated heterocycles. The number of ether oxygens (including phenoxy) is 2. The minimum absolute atomic E-state index is 0.177. The summed E-state index contributed by atoms with van der Waals surface area (Å²) in [5.74, 6) is -0.378. The molecule has 1 aromatic rings. The van der Waals surface area contributed by atoms with Crippen LogP contribution in [0.4, 0.5) is 4.79 Å². The third kappa shape index (κ3) is 5.25. The summed E-state index contributed by atoms with van der Waals surface area (Å²) >= 11 is 0. The monoisotopic (exact) mass is 320 g/mol. The van der Waals surface area contributed by atoms with E-state index in [1.54, 1.807) is 6.92 Å². The molecule has 0 aliphatic heterocycles. The molecule has 0 heterocycles. The normalized spacial score (nSPS) is 23.8. The summed E-state index contributed by atoms with van der Waals surface area (Å²) in [5, 5.41) is 2.79. The predicted molar refractivity (Wildman–Crippen MR) is 85.5 cm³/mol. The van der Waals surface area contributed by atoms with Crippen molar-refractivity contribution in [2.45, 2.75) is 44.9 Å². The molecule has 1 fully saturated rings. The van der Waals surface area contributed by atoms with Crippen molar-refractivity contribution in [2.75, 3.05) is 6.61 Å². The van der Waals surface area contributed by atoms with Crippen LogP contribution in [0.3, 0.4) is 0 Å². The van der Waals surface area contributed by atoms with Gasteiger partial charge >= 0.3 is 12.1 Å². The lowest BCUT2D eigenvalue weighted by molar-refractivity contribution is -0.149. The molecule has 1 aromatic carbocycles. The summed E-state index contributed by atoms with van der Waals surface area (Å²) in [6, 6.07) is 9.02. The molecule has 23 heavy (non-hydrogen) atoms. The Balaban J connectivity index is 1.75. The van der Waals surface area contributed by atoms with Crippen molar-refractivity contribution in [3.63, 3.8) is 0 Å². The van der Waals surface area contributed by atoms with E-state index < -0.39 is 6.09 Å². The first-order valence-corrected chi connectivity index (χ1v) is 7.99. The zero-order chi connectivity index (χ0) is 16.7. The van der Waals surface area contributed by atoms with Crippen molar-refractivity contribution in [3.8, 4) is 0 Å². The van der Waals surface area contributed by atoms with Gasteiger partial charge in [0.05, 0.1) is 12.5 Å². The molecule has 3 atom stereocenters. The molecule has 6 nitrogen and oxygen atoms in total. The zero-order valence-electron chi connectivity index (χ0n) is 13.4. The molecule has 3 N–H and O–H groups in total. The highest BCUT2D eigenvalue weighted by Gasteiger charge is 2.33. The second kappa shape index (κ2) is 8.53. The fraction of sp³-hybridized carbons (Fsp3) is 0.529. The SMILES string of the molecule is CCOC(=O)[C@H]1CC[C@H](NC(=O)OCc2ccccc2)[C@H](N)C1. The lowest BCUT2D eigenvalue weighted by Crippen LogP contribution is -2.52. The van der Waals surface area contributed by atoms with Crippen LogP contribution in [0.25, 0.3) is 0 Å². The van der Waals surface area contributed by atoms with E-state index in [1.807, 2.05) is 30.3 Å². The topological polar surface area (TPSA) is 90.6 Å². The summed E-state index contributed by atoms with van der Waals surface area (Å²) < 4.78 is 10.2. The maximum absolute atomic E-state index is 11.9. The largest absolute Gasteiger partial charge is 0.466 e. The summed E-state index contributed by atoms with van der Waals surface area (Å²) in [5.41, 5.74) is 7.01. The highest BCUT2D eigenvalue weighted by molar-refractivity contribution is 5.73. The highest BCUT2D eigenvalue weighted by Crippen LogP contribution is 2.25. The number of nitrogens with one attached hydrogen (secondary N) is 1. The van der Waals surface area contributed by atoms with Gasteiger partial charge in [0.1, 0.15) is 6.61 Å². The molecular weight excluding hydrogens is 296 g/mol. The Bertz CT molecular complexity index is 521. The first-order valence-electron chi connectivity index (χ1n) is 7.99. The van der Waals surface area contributed by atoms with Gasteiger partial charge in [-0.25, -0.2) is 4.79 Å². The van der Waals surface area contributed by atoms with E-state index in [0.717, 1.165) is 5.56 Å². The molecule has 0 radical (unpaired) electrons. The molecule has 1 amide bonds. The van der Waals surface area contributed by atoms with E-state index >= 15 is 0 Å². The number of hydrogen-bond donors (Lipinski definition) is 2. The highest BCUT2D eigenvalue weighted by atomic mass is 16.5. The molecule has 0 bridgehead atoms. The fourth-order valence-corrected chi connectivity index (χ4v) is 2.78. The second-order valence-corrected chi connectivity index (χ2v) is 5.74. The standard InChI is InChI=1S/C17H24N2O4/c1-2-22-16(20)13-8-9-15(14(18)10-13)19-17(21)23-11-12-6-4-3-5-7-12/h3-7,13-15H,2,8-11,18H2,1H3,(H,19,21)/t13-,14+,15-/m0/s1. The molecule has 1 aliphatic carbocycles. The maximum atomic E-state index is 11.9. The van der Waals surface area contributed by atoms with Gasteiger partial charge in [0.2, 0.25) is 0 Å². The summed E-state index contributed by atoms with van der Waals surface area (Å²) in [6.45, 7) is 2.38. The number of carbonyl (C=O) groups excluding carboxylic acids is 2. The van der Waals surface area contributed by atoms with Gasteiger partial charge in [-0.2, -0.15) is 0 Å². The smallest absolute Gasteiger partial charge is 0.407 e. The van der Waals surface area contributed by atoms with Gasteiger partial charge in [0.15, 0.2) is 0 Å². The van der Waals surface area contributed by atoms with Crippen molar-refractivity contribution in [1.29, 1.82) is 0 Å². The second-order valence-electron chi connectivity index (χ2n) is 5.74. The van der Waals surface area contributed by atoms with E-state index in [4.69, 9.17) is 15.2 Å². The molecule has 0 aromatic heterocycles. The third-order valence-corrected chi connectivity index (χ3v) is 4.04. The van der Waals surface area contributed by atoms with Crippen molar-refractivity contribution >= 4 is 12.1 Å². The van der Waals surface area contributed by atoms with Crippen molar-refractivity contribution < 1.29 is 19.1 Å². The first-order chi connectivity index (χ1) is 11.1. The number of amides is 1. The van der Waals surface area contributed by atoms with Crippen LogP contribution in [0.15, 0.2) is 30.3 Å². The van der Waals surface area contributed by atoms with E-state index in [-0.39, 0.29) is 30.6 Å². The number of hydrogen-bond acceptors (Lipinski definition) is 5. The van der Waals surface area contributed by atoms with E-state index in [9.17, 15) is 9.59 Å². The number of alkyl carbamates (subject to hydrolysis) is 1. The summed E-state index contributed by atoms with van der Waals surface area (Å²) in [6.07, 6.45) is 1.34. The van der Waals surface area contributed by atoms with Crippen molar-refractivity contribution in [3.05, 3.63) is 35.9 Å². The summed E-state index contributed by atoms with van der Waals surface area (Å²) in [4.78, 5) is 23.6. The van der Waals surface area contributed by atoms with Crippen LogP contribution >= 0.6 is 0 Å². The van der Waals surface area contributed by atoms with Gasteiger partial charge in [-0.15, -0.1) is 0 Å². The van der Waals surface area contributed by atoms with E-state index in [0.29, 0.717) is 25.9 Å². The molecule has 2 rings (SSSR count). The average Bonchev–Trinajstić information content (AvgIpc) is 2.56. The molecule has 126 valence electrons. The first kappa shape index (κ1) is 17.3. The van der Waals surface area contributed by atoms with Crippen molar-refractivity contribution in [2.24, 2.45) is 11.7 Å². The third-order valence-electron chi connectivity index (χ3n) is 4.04. The minimum atomic E-state index is -0.483. The van der Waals surface area contributed by atoms with Crippen LogP contribution in [0.1, 0.15) is 31.7 Å². The number of nitrogens with two attached hydrogens (primary N) is 1. The van der Waals surface area contributed by atoms with Gasteiger partial charge in [0, 0.05) is 12.1 Å². The Labute approximate surface area is 136 Å². The molecule has 1 aliphatic rings. The zero-order valence-corrected chi connectivity index (χ0v) is 13.4. The van der Waals surface area contributed by atoms with Gasteiger partial charge < -0.3 is 20.5 Å². The predicted octanol–water partition coefficient (Wildman–Crippen LogP) is 1.97. The molecule has 1 saturated carbocycles. The van der Waals surface area contributed by atoms with E-state index in [2.05, 4.69) is 5.32 Å². The van der Waals surface area contributed by atoms with E-state index in [1.165, 1.54) is 0 Å². The molecule has 6 heteroatoms. The number of rotatable bonds is 5.